The molecule has 8 heteroatoms. The van der Waals surface area contributed by atoms with E-state index in [2.05, 4.69) is 26.1 Å². The number of hydrogen-bond donors (Lipinski definition) is 1. The molecule has 2 aromatic carbocycles. The number of nitro groups is 1. The summed E-state index contributed by atoms with van der Waals surface area (Å²) in [5, 5.41) is 18.0. The average Bonchev–Trinajstić information content (AvgIpc) is 3.15. The van der Waals surface area contributed by atoms with Gasteiger partial charge in [-0.1, -0.05) is 15.9 Å². The molecule has 1 atom stereocenters. The Morgan fingerprint density at radius 2 is 1.81 bits per heavy atom. The molecular formula is C18H13BrN4O3. The van der Waals surface area contributed by atoms with Crippen molar-refractivity contribution in [1.29, 1.82) is 0 Å². The molecule has 0 radical (unpaired) electrons. The van der Waals surface area contributed by atoms with Gasteiger partial charge in [0, 0.05) is 33.6 Å². The number of H-pyrrole nitrogens is 1. The van der Waals surface area contributed by atoms with Crippen LogP contribution < -0.4 is 4.90 Å². The van der Waals surface area contributed by atoms with Crippen molar-refractivity contribution in [2.45, 2.75) is 13.0 Å². The van der Waals surface area contributed by atoms with Crippen LogP contribution in [-0.2, 0) is 0 Å². The number of non-ortho nitro benzene ring substituents is 1. The molecule has 1 aromatic heterocycles. The summed E-state index contributed by atoms with van der Waals surface area (Å²) >= 11 is 3.40. The molecule has 0 saturated carbocycles. The first-order valence-corrected chi connectivity index (χ1v) is 8.65. The van der Waals surface area contributed by atoms with E-state index in [1.165, 1.54) is 12.1 Å². The zero-order chi connectivity index (χ0) is 18.4. The Balaban J connectivity index is 1.86. The van der Waals surface area contributed by atoms with Crippen LogP contribution in [0.3, 0.4) is 0 Å². The number of aryl methyl sites for hydroxylation is 1. The standard InChI is InChI=1S/C18H13BrN4O3/c1-10-15-16(21-20-10)18(24)22(13-8-4-12(19)5-9-13)17(15)11-2-6-14(7-3-11)23(25)26/h2-9,17H,1H3,(H,20,21)/t17-/m0/s1. The highest BCUT2D eigenvalue weighted by Gasteiger charge is 2.42. The van der Waals surface area contributed by atoms with Crippen LogP contribution in [-0.4, -0.2) is 21.0 Å². The lowest BCUT2D eigenvalue weighted by atomic mass is 9.98. The Morgan fingerprint density at radius 1 is 1.15 bits per heavy atom. The first kappa shape index (κ1) is 16.5. The van der Waals surface area contributed by atoms with Gasteiger partial charge in [-0.25, -0.2) is 0 Å². The maximum atomic E-state index is 13.0. The van der Waals surface area contributed by atoms with Gasteiger partial charge in [0.15, 0.2) is 5.69 Å². The van der Waals surface area contributed by atoms with Gasteiger partial charge in [0.2, 0.25) is 0 Å². The molecule has 1 aliphatic rings. The quantitative estimate of drug-likeness (QED) is 0.516. The largest absolute Gasteiger partial charge is 0.295 e. The third-order valence-corrected chi connectivity index (χ3v) is 5.00. The fourth-order valence-electron chi connectivity index (χ4n) is 3.26. The Labute approximate surface area is 156 Å². The van der Waals surface area contributed by atoms with E-state index < -0.39 is 11.0 Å². The molecular weight excluding hydrogens is 400 g/mol. The molecule has 130 valence electrons. The fourth-order valence-corrected chi connectivity index (χ4v) is 3.52. The number of aromatic nitrogens is 2. The van der Waals surface area contributed by atoms with Crippen LogP contribution in [0.15, 0.2) is 53.0 Å². The van der Waals surface area contributed by atoms with Gasteiger partial charge < -0.3 is 0 Å². The SMILES string of the molecule is Cc1[nH]nc2c1[C@H](c1ccc([N+](=O)[O-])cc1)N(c1ccc(Br)cc1)C2=O. The molecule has 0 bridgehead atoms. The summed E-state index contributed by atoms with van der Waals surface area (Å²) in [4.78, 5) is 25.1. The number of fused-ring (bicyclic) bond motifs is 1. The highest BCUT2D eigenvalue weighted by atomic mass is 79.9. The van der Waals surface area contributed by atoms with Crippen LogP contribution in [0.5, 0.6) is 0 Å². The second kappa shape index (κ2) is 6.06. The van der Waals surface area contributed by atoms with Crippen molar-refractivity contribution in [3.05, 3.63) is 85.6 Å². The summed E-state index contributed by atoms with van der Waals surface area (Å²) in [5.74, 6) is -0.199. The fraction of sp³-hybridized carbons (Fsp3) is 0.111. The summed E-state index contributed by atoms with van der Waals surface area (Å²) in [7, 11) is 0. The first-order valence-electron chi connectivity index (χ1n) is 7.85. The molecule has 0 saturated heterocycles. The van der Waals surface area contributed by atoms with Gasteiger partial charge in [0.1, 0.15) is 0 Å². The predicted molar refractivity (Wildman–Crippen MR) is 99.2 cm³/mol. The zero-order valence-corrected chi connectivity index (χ0v) is 15.2. The van der Waals surface area contributed by atoms with Crippen molar-refractivity contribution >= 4 is 33.2 Å². The molecule has 0 spiro atoms. The molecule has 1 aliphatic heterocycles. The maximum absolute atomic E-state index is 13.0. The van der Waals surface area contributed by atoms with Gasteiger partial charge in [0.25, 0.3) is 11.6 Å². The number of carbonyl (C=O) groups is 1. The van der Waals surface area contributed by atoms with Crippen LogP contribution in [0.4, 0.5) is 11.4 Å². The van der Waals surface area contributed by atoms with Gasteiger partial charge in [-0.05, 0) is 48.9 Å². The van der Waals surface area contributed by atoms with Gasteiger partial charge in [-0.2, -0.15) is 5.10 Å². The topological polar surface area (TPSA) is 92.1 Å². The smallest absolute Gasteiger partial charge is 0.279 e. The molecule has 26 heavy (non-hydrogen) atoms. The highest BCUT2D eigenvalue weighted by Crippen LogP contribution is 2.42. The predicted octanol–water partition coefficient (Wildman–Crippen LogP) is 4.14. The van der Waals surface area contributed by atoms with E-state index in [9.17, 15) is 14.9 Å². The second-order valence-corrected chi connectivity index (χ2v) is 6.93. The van der Waals surface area contributed by atoms with Crippen LogP contribution in [0.1, 0.15) is 33.4 Å². The normalized spacial score (nSPS) is 16.0. The number of hydrogen-bond acceptors (Lipinski definition) is 4. The van der Waals surface area contributed by atoms with Crippen LogP contribution in [0.25, 0.3) is 0 Å². The number of nitro benzene ring substituents is 1. The number of anilines is 1. The number of halogens is 1. The average molecular weight is 413 g/mol. The minimum absolute atomic E-state index is 0.0115. The first-order chi connectivity index (χ1) is 12.5. The number of rotatable bonds is 3. The van der Waals surface area contributed by atoms with Gasteiger partial charge in [-0.15, -0.1) is 0 Å². The number of aromatic amines is 1. The second-order valence-electron chi connectivity index (χ2n) is 6.01. The van der Waals surface area contributed by atoms with E-state index >= 15 is 0 Å². The maximum Gasteiger partial charge on any atom is 0.279 e. The lowest BCUT2D eigenvalue weighted by Crippen LogP contribution is -2.29. The molecule has 4 rings (SSSR count). The highest BCUT2D eigenvalue weighted by molar-refractivity contribution is 9.10. The van der Waals surface area contributed by atoms with E-state index in [0.29, 0.717) is 5.69 Å². The zero-order valence-electron chi connectivity index (χ0n) is 13.6. The van der Waals surface area contributed by atoms with Crippen molar-refractivity contribution < 1.29 is 9.72 Å². The van der Waals surface area contributed by atoms with Crippen LogP contribution >= 0.6 is 15.9 Å². The van der Waals surface area contributed by atoms with E-state index in [-0.39, 0.29) is 11.6 Å². The minimum Gasteiger partial charge on any atom is -0.295 e. The number of amides is 1. The van der Waals surface area contributed by atoms with E-state index in [0.717, 1.165) is 27.0 Å². The van der Waals surface area contributed by atoms with Crippen LogP contribution in [0, 0.1) is 17.0 Å². The van der Waals surface area contributed by atoms with Gasteiger partial charge >= 0.3 is 0 Å². The molecule has 3 aromatic rings. The summed E-state index contributed by atoms with van der Waals surface area (Å²) < 4.78 is 0.911. The third kappa shape index (κ3) is 2.50. The Bertz CT molecular complexity index is 1010. The third-order valence-electron chi connectivity index (χ3n) is 4.47. The molecule has 0 aliphatic carbocycles. The number of nitrogens with one attached hydrogen (secondary N) is 1. The molecule has 2 heterocycles. The number of nitrogens with zero attached hydrogens (tertiary/aromatic N) is 3. The lowest BCUT2D eigenvalue weighted by Gasteiger charge is -2.26. The molecule has 7 nitrogen and oxygen atoms in total. The van der Waals surface area contributed by atoms with Crippen molar-refractivity contribution in [2.24, 2.45) is 0 Å². The summed E-state index contributed by atoms with van der Waals surface area (Å²) in [5.41, 5.74) is 3.52. The Hall–Kier alpha value is -3.00. The lowest BCUT2D eigenvalue weighted by molar-refractivity contribution is -0.384. The van der Waals surface area contributed by atoms with Crippen molar-refractivity contribution in [1.82, 2.24) is 10.2 Å². The van der Waals surface area contributed by atoms with E-state index in [1.807, 2.05) is 31.2 Å². The Morgan fingerprint density at radius 3 is 2.42 bits per heavy atom. The van der Waals surface area contributed by atoms with Gasteiger partial charge in [-0.3, -0.25) is 24.9 Å². The van der Waals surface area contributed by atoms with E-state index in [1.54, 1.807) is 17.0 Å². The molecule has 0 unspecified atom stereocenters. The van der Waals surface area contributed by atoms with E-state index in [4.69, 9.17) is 0 Å². The summed E-state index contributed by atoms with van der Waals surface area (Å²) in [6, 6.07) is 13.3. The monoisotopic (exact) mass is 412 g/mol. The number of carbonyl (C=O) groups excluding carboxylic acids is 1. The molecule has 0 fully saturated rings. The summed E-state index contributed by atoms with van der Waals surface area (Å²) in [6.45, 7) is 1.86. The van der Waals surface area contributed by atoms with Crippen molar-refractivity contribution in [2.75, 3.05) is 4.90 Å². The minimum atomic E-state index is -0.440. The number of benzene rings is 2. The van der Waals surface area contributed by atoms with Crippen LogP contribution in [0.2, 0.25) is 0 Å². The summed E-state index contributed by atoms with van der Waals surface area (Å²) in [6.07, 6.45) is 0. The van der Waals surface area contributed by atoms with Crippen molar-refractivity contribution in [3.8, 4) is 0 Å². The van der Waals surface area contributed by atoms with Gasteiger partial charge in [0.05, 0.1) is 11.0 Å². The molecule has 1 amide bonds. The Kier molecular flexibility index (Phi) is 3.84. The molecule has 1 N–H and O–H groups in total. The van der Waals surface area contributed by atoms with Crippen molar-refractivity contribution in [3.63, 3.8) is 0 Å².